The van der Waals surface area contributed by atoms with Crippen LogP contribution in [0.5, 0.6) is 5.75 Å². The maximum Gasteiger partial charge on any atom is 0.344 e. The highest BCUT2D eigenvalue weighted by Gasteiger charge is 2.09. The molecule has 0 spiro atoms. The van der Waals surface area contributed by atoms with Crippen molar-refractivity contribution in [1.29, 1.82) is 5.26 Å². The van der Waals surface area contributed by atoms with Gasteiger partial charge in [-0.2, -0.15) is 5.26 Å². The molecule has 0 radical (unpaired) electrons. The summed E-state index contributed by atoms with van der Waals surface area (Å²) in [5.74, 6) is -0.816. The number of carbonyl (C=O) groups is 2. The lowest BCUT2D eigenvalue weighted by Crippen LogP contribution is -2.32. The van der Waals surface area contributed by atoms with Gasteiger partial charge in [0.15, 0.2) is 13.2 Å². The molecule has 1 aromatic carbocycles. The smallest absolute Gasteiger partial charge is 0.344 e. The average Bonchev–Trinajstić information content (AvgIpc) is 2.51. The Hall–Kier alpha value is -2.59. The number of hydrogen-bond acceptors (Lipinski definition) is 6. The van der Waals surface area contributed by atoms with Crippen LogP contribution in [-0.4, -0.2) is 45.4 Å². The number of amides is 1. The first-order valence-corrected chi connectivity index (χ1v) is 6.20. The van der Waals surface area contributed by atoms with E-state index in [2.05, 4.69) is 5.32 Å². The Morgan fingerprint density at radius 3 is 2.76 bits per heavy atom. The zero-order chi connectivity index (χ0) is 15.5. The normalized spacial score (nSPS) is 9.52. The van der Waals surface area contributed by atoms with Gasteiger partial charge in [-0.15, -0.1) is 0 Å². The van der Waals surface area contributed by atoms with Crippen molar-refractivity contribution in [2.24, 2.45) is 0 Å². The fourth-order valence-electron chi connectivity index (χ4n) is 1.35. The van der Waals surface area contributed by atoms with Crippen LogP contribution in [0.15, 0.2) is 24.3 Å². The Kier molecular flexibility index (Phi) is 7.32. The largest absolute Gasteiger partial charge is 0.481 e. The molecule has 7 nitrogen and oxygen atoms in total. The van der Waals surface area contributed by atoms with Crippen LogP contribution >= 0.6 is 0 Å². The number of nitrogens with zero attached hydrogens (tertiary/aromatic N) is 1. The van der Waals surface area contributed by atoms with E-state index in [-0.39, 0.29) is 13.2 Å². The Morgan fingerprint density at radius 1 is 1.29 bits per heavy atom. The van der Waals surface area contributed by atoms with Crippen molar-refractivity contribution in [2.75, 3.05) is 33.5 Å². The topological polar surface area (TPSA) is 97.7 Å². The van der Waals surface area contributed by atoms with Gasteiger partial charge in [0.2, 0.25) is 0 Å². The van der Waals surface area contributed by atoms with E-state index in [0.29, 0.717) is 24.5 Å². The summed E-state index contributed by atoms with van der Waals surface area (Å²) in [6.07, 6.45) is 0. The molecule has 0 unspecified atom stereocenters. The zero-order valence-electron chi connectivity index (χ0n) is 11.6. The maximum atomic E-state index is 11.4. The predicted molar refractivity (Wildman–Crippen MR) is 72.5 cm³/mol. The van der Waals surface area contributed by atoms with Gasteiger partial charge in [-0.3, -0.25) is 4.79 Å². The SMILES string of the molecule is COCCNC(=O)COC(=O)COc1ccccc1C#N. The molecule has 0 aliphatic carbocycles. The monoisotopic (exact) mass is 292 g/mol. The van der Waals surface area contributed by atoms with Gasteiger partial charge >= 0.3 is 5.97 Å². The van der Waals surface area contributed by atoms with E-state index in [4.69, 9.17) is 19.5 Å². The first-order chi connectivity index (χ1) is 10.2. The third-order valence-electron chi connectivity index (χ3n) is 2.35. The molecular weight excluding hydrogens is 276 g/mol. The number of ether oxygens (including phenoxy) is 3. The number of nitrogens with one attached hydrogen (secondary N) is 1. The minimum atomic E-state index is -0.690. The molecule has 7 heteroatoms. The van der Waals surface area contributed by atoms with Gasteiger partial charge in [0, 0.05) is 13.7 Å². The summed E-state index contributed by atoms with van der Waals surface area (Å²) < 4.78 is 14.7. The van der Waals surface area contributed by atoms with Crippen molar-refractivity contribution in [3.05, 3.63) is 29.8 Å². The standard InChI is InChI=1S/C14H16N2O5/c1-19-7-6-16-13(17)9-21-14(18)10-20-12-5-3-2-4-11(12)8-15/h2-5H,6-7,9-10H2,1H3,(H,16,17). The van der Waals surface area contributed by atoms with Gasteiger partial charge in [-0.1, -0.05) is 12.1 Å². The van der Waals surface area contributed by atoms with Crippen molar-refractivity contribution in [3.63, 3.8) is 0 Å². The van der Waals surface area contributed by atoms with E-state index < -0.39 is 11.9 Å². The molecule has 21 heavy (non-hydrogen) atoms. The fourth-order valence-corrected chi connectivity index (χ4v) is 1.35. The van der Waals surface area contributed by atoms with Crippen molar-refractivity contribution < 1.29 is 23.8 Å². The number of esters is 1. The number of carbonyl (C=O) groups excluding carboxylic acids is 2. The van der Waals surface area contributed by atoms with Crippen molar-refractivity contribution >= 4 is 11.9 Å². The minimum Gasteiger partial charge on any atom is -0.481 e. The third kappa shape index (κ3) is 6.40. The summed E-state index contributed by atoms with van der Waals surface area (Å²) in [7, 11) is 1.52. The molecule has 1 amide bonds. The van der Waals surface area contributed by atoms with Crippen LogP contribution in [0.1, 0.15) is 5.56 Å². The highest BCUT2D eigenvalue weighted by atomic mass is 16.6. The number of nitriles is 1. The molecule has 0 aromatic heterocycles. The quantitative estimate of drug-likeness (QED) is 0.544. The molecule has 0 aliphatic rings. The minimum absolute atomic E-state index is 0.293. The number of hydrogen-bond donors (Lipinski definition) is 1. The molecule has 0 bridgehead atoms. The van der Waals surface area contributed by atoms with Crippen molar-refractivity contribution in [3.8, 4) is 11.8 Å². The van der Waals surface area contributed by atoms with Gasteiger partial charge in [-0.05, 0) is 12.1 Å². The van der Waals surface area contributed by atoms with E-state index in [9.17, 15) is 9.59 Å². The lowest BCUT2D eigenvalue weighted by Gasteiger charge is -2.08. The highest BCUT2D eigenvalue weighted by Crippen LogP contribution is 2.16. The second kappa shape index (κ2) is 9.34. The van der Waals surface area contributed by atoms with Gasteiger partial charge in [-0.25, -0.2) is 4.79 Å². The number of para-hydroxylation sites is 1. The van der Waals surface area contributed by atoms with E-state index in [1.54, 1.807) is 24.3 Å². The third-order valence-corrected chi connectivity index (χ3v) is 2.35. The van der Waals surface area contributed by atoms with Gasteiger partial charge < -0.3 is 19.5 Å². The molecule has 1 N–H and O–H groups in total. The number of benzene rings is 1. The van der Waals surface area contributed by atoms with Crippen molar-refractivity contribution in [2.45, 2.75) is 0 Å². The molecule has 0 aliphatic heterocycles. The molecular formula is C14H16N2O5. The Balaban J connectivity index is 2.28. The van der Waals surface area contributed by atoms with Crippen LogP contribution < -0.4 is 10.1 Å². The predicted octanol–water partition coefficient (Wildman–Crippen LogP) is 0.243. The van der Waals surface area contributed by atoms with E-state index >= 15 is 0 Å². The molecule has 0 saturated carbocycles. The zero-order valence-corrected chi connectivity index (χ0v) is 11.6. The van der Waals surface area contributed by atoms with E-state index in [0.717, 1.165) is 0 Å². The molecule has 1 aromatic rings. The average molecular weight is 292 g/mol. The van der Waals surface area contributed by atoms with Crippen LogP contribution in [0, 0.1) is 11.3 Å². The lowest BCUT2D eigenvalue weighted by molar-refractivity contribution is -0.150. The van der Waals surface area contributed by atoms with Crippen LogP contribution in [0.4, 0.5) is 0 Å². The number of rotatable bonds is 8. The summed E-state index contributed by atoms with van der Waals surface area (Å²) in [6, 6.07) is 8.47. The van der Waals surface area contributed by atoms with E-state index in [1.165, 1.54) is 7.11 Å². The van der Waals surface area contributed by atoms with Crippen molar-refractivity contribution in [1.82, 2.24) is 5.32 Å². The molecule has 112 valence electrons. The summed E-state index contributed by atoms with van der Waals surface area (Å²) in [6.45, 7) is -0.0253. The Morgan fingerprint density at radius 2 is 2.05 bits per heavy atom. The summed E-state index contributed by atoms with van der Waals surface area (Å²) in [5.41, 5.74) is 0.322. The molecule has 0 atom stereocenters. The summed E-state index contributed by atoms with van der Waals surface area (Å²) >= 11 is 0. The van der Waals surface area contributed by atoms with Crippen LogP contribution in [0.25, 0.3) is 0 Å². The van der Waals surface area contributed by atoms with Gasteiger partial charge in [0.05, 0.1) is 12.2 Å². The lowest BCUT2D eigenvalue weighted by atomic mass is 10.2. The fraction of sp³-hybridized carbons (Fsp3) is 0.357. The van der Waals surface area contributed by atoms with E-state index in [1.807, 2.05) is 6.07 Å². The Bertz CT molecular complexity index is 524. The number of methoxy groups -OCH3 is 1. The van der Waals surface area contributed by atoms with Crippen LogP contribution in [0.3, 0.4) is 0 Å². The van der Waals surface area contributed by atoms with Gasteiger partial charge in [0.25, 0.3) is 5.91 Å². The Labute approximate surface area is 122 Å². The maximum absolute atomic E-state index is 11.4. The molecule has 0 fully saturated rings. The summed E-state index contributed by atoms with van der Waals surface area (Å²) in [4.78, 5) is 22.7. The first-order valence-electron chi connectivity index (χ1n) is 6.20. The summed E-state index contributed by atoms with van der Waals surface area (Å²) in [5, 5.41) is 11.4. The van der Waals surface area contributed by atoms with Crippen LogP contribution in [-0.2, 0) is 19.1 Å². The second-order valence-corrected chi connectivity index (χ2v) is 3.90. The molecule has 0 heterocycles. The highest BCUT2D eigenvalue weighted by molar-refractivity contribution is 5.80. The molecule has 0 saturated heterocycles. The van der Waals surface area contributed by atoms with Crippen LogP contribution in [0.2, 0.25) is 0 Å². The first kappa shape index (κ1) is 16.5. The second-order valence-electron chi connectivity index (χ2n) is 3.90. The molecule has 1 rings (SSSR count). The van der Waals surface area contributed by atoms with Gasteiger partial charge in [0.1, 0.15) is 11.8 Å².